The van der Waals surface area contributed by atoms with Crippen LogP contribution in [-0.2, 0) is 4.79 Å². The number of amides is 1. The Bertz CT molecular complexity index is 768. The topological polar surface area (TPSA) is 41.6 Å². The molecular weight excluding hydrogens is 358 g/mol. The third-order valence-corrected chi connectivity index (χ3v) is 5.27. The average molecular weight is 378 g/mol. The summed E-state index contributed by atoms with van der Waals surface area (Å²) in [5, 5.41) is 4.17. The molecule has 1 amide bonds. The molecule has 1 unspecified atom stereocenters. The lowest BCUT2D eigenvalue weighted by atomic mass is 10.2. The van der Waals surface area contributed by atoms with Crippen molar-refractivity contribution < 1.29 is 18.3 Å². The number of anilines is 1. The number of alkyl halides is 2. The number of nitrogens with one attached hydrogen (secondary N) is 1. The van der Waals surface area contributed by atoms with E-state index in [2.05, 4.69) is 10.1 Å². The Kier molecular flexibility index (Phi) is 6.00. The fourth-order valence-corrected chi connectivity index (χ4v) is 4.05. The Morgan fingerprint density at radius 2 is 2.08 bits per heavy atom. The normalized spacial score (nSPS) is 17.2. The first-order valence-electron chi connectivity index (χ1n) is 8.40. The molecule has 0 aliphatic carbocycles. The SMILES string of the molecule is CC=CC(=O)N(c1ccc(-c2ccc(OC(F)F)cc2)s1)C1CCNC1. The molecule has 0 spiro atoms. The number of halogens is 2. The molecule has 1 fully saturated rings. The highest BCUT2D eigenvalue weighted by molar-refractivity contribution is 7.19. The number of carbonyl (C=O) groups is 1. The van der Waals surface area contributed by atoms with Gasteiger partial charge >= 0.3 is 6.61 Å². The van der Waals surface area contributed by atoms with Crippen LogP contribution in [0, 0.1) is 0 Å². The van der Waals surface area contributed by atoms with Gasteiger partial charge in [-0.3, -0.25) is 9.69 Å². The molecule has 26 heavy (non-hydrogen) atoms. The Morgan fingerprint density at radius 3 is 2.69 bits per heavy atom. The summed E-state index contributed by atoms with van der Waals surface area (Å²) in [5.74, 6) is 0.0951. The second kappa shape index (κ2) is 8.42. The van der Waals surface area contributed by atoms with Crippen molar-refractivity contribution in [1.82, 2.24) is 5.32 Å². The minimum Gasteiger partial charge on any atom is -0.435 e. The predicted molar refractivity (Wildman–Crippen MR) is 100.0 cm³/mol. The highest BCUT2D eigenvalue weighted by Crippen LogP contribution is 2.36. The van der Waals surface area contributed by atoms with E-state index in [1.807, 2.05) is 24.0 Å². The summed E-state index contributed by atoms with van der Waals surface area (Å²) < 4.78 is 28.9. The zero-order chi connectivity index (χ0) is 18.5. The fraction of sp³-hybridized carbons (Fsp3) is 0.316. The molecule has 0 radical (unpaired) electrons. The highest BCUT2D eigenvalue weighted by Gasteiger charge is 2.27. The molecule has 1 aliphatic heterocycles. The number of ether oxygens (including phenoxy) is 1. The van der Waals surface area contributed by atoms with E-state index in [0.29, 0.717) is 0 Å². The summed E-state index contributed by atoms with van der Waals surface area (Å²) in [6, 6.07) is 10.5. The molecule has 2 aromatic rings. The van der Waals surface area contributed by atoms with Gasteiger partial charge in [-0.15, -0.1) is 11.3 Å². The van der Waals surface area contributed by atoms with Crippen molar-refractivity contribution in [2.45, 2.75) is 26.0 Å². The Morgan fingerprint density at radius 1 is 1.31 bits per heavy atom. The van der Waals surface area contributed by atoms with Crippen LogP contribution in [0.4, 0.5) is 13.8 Å². The number of benzene rings is 1. The first-order chi connectivity index (χ1) is 12.6. The summed E-state index contributed by atoms with van der Waals surface area (Å²) in [5.41, 5.74) is 0.894. The maximum absolute atomic E-state index is 12.6. The zero-order valence-electron chi connectivity index (χ0n) is 14.3. The quantitative estimate of drug-likeness (QED) is 0.763. The maximum Gasteiger partial charge on any atom is 0.387 e. The van der Waals surface area contributed by atoms with Crippen LogP contribution in [0.25, 0.3) is 10.4 Å². The van der Waals surface area contributed by atoms with Crippen LogP contribution in [0.2, 0.25) is 0 Å². The highest BCUT2D eigenvalue weighted by atomic mass is 32.1. The van der Waals surface area contributed by atoms with Crippen molar-refractivity contribution in [1.29, 1.82) is 0 Å². The molecular formula is C19H20F2N2O2S. The number of rotatable bonds is 6. The number of allylic oxidation sites excluding steroid dienone is 1. The van der Waals surface area contributed by atoms with E-state index in [4.69, 9.17) is 0 Å². The number of hydrogen-bond acceptors (Lipinski definition) is 4. The molecule has 1 aliphatic rings. The van der Waals surface area contributed by atoms with E-state index in [0.717, 1.165) is 35.0 Å². The van der Waals surface area contributed by atoms with Gasteiger partial charge in [-0.2, -0.15) is 8.78 Å². The van der Waals surface area contributed by atoms with Gasteiger partial charge in [0.15, 0.2) is 0 Å². The maximum atomic E-state index is 12.6. The Balaban J connectivity index is 1.83. The first-order valence-corrected chi connectivity index (χ1v) is 9.22. The summed E-state index contributed by atoms with van der Waals surface area (Å²) in [6.45, 7) is 0.663. The van der Waals surface area contributed by atoms with E-state index < -0.39 is 6.61 Å². The lowest BCUT2D eigenvalue weighted by molar-refractivity contribution is -0.114. The lowest BCUT2D eigenvalue weighted by Gasteiger charge is -2.26. The number of hydrogen-bond donors (Lipinski definition) is 1. The van der Waals surface area contributed by atoms with Crippen molar-refractivity contribution in [2.75, 3.05) is 18.0 Å². The van der Waals surface area contributed by atoms with Gasteiger partial charge in [-0.25, -0.2) is 0 Å². The van der Waals surface area contributed by atoms with E-state index >= 15 is 0 Å². The molecule has 1 N–H and O–H groups in total. The predicted octanol–water partition coefficient (Wildman–Crippen LogP) is 4.29. The third kappa shape index (κ3) is 4.28. The molecule has 1 atom stereocenters. The van der Waals surface area contributed by atoms with Gasteiger partial charge < -0.3 is 10.1 Å². The van der Waals surface area contributed by atoms with Gasteiger partial charge in [-0.05, 0) is 67.9 Å². The van der Waals surface area contributed by atoms with Crippen LogP contribution in [0.3, 0.4) is 0 Å². The summed E-state index contributed by atoms with van der Waals surface area (Å²) in [6.07, 6.45) is 4.23. The Hall–Kier alpha value is -2.25. The van der Waals surface area contributed by atoms with Crippen LogP contribution in [-0.4, -0.2) is 31.7 Å². The number of thiophene rings is 1. The van der Waals surface area contributed by atoms with Gasteiger partial charge in [0, 0.05) is 11.4 Å². The monoisotopic (exact) mass is 378 g/mol. The van der Waals surface area contributed by atoms with Crippen LogP contribution in [0.15, 0.2) is 48.6 Å². The number of nitrogens with zero attached hydrogens (tertiary/aromatic N) is 1. The smallest absolute Gasteiger partial charge is 0.387 e. The van der Waals surface area contributed by atoms with E-state index in [1.165, 1.54) is 23.5 Å². The van der Waals surface area contributed by atoms with Crippen LogP contribution in [0.1, 0.15) is 13.3 Å². The third-order valence-electron chi connectivity index (χ3n) is 4.14. The first kappa shape index (κ1) is 18.5. The van der Waals surface area contributed by atoms with Gasteiger partial charge in [-0.1, -0.05) is 6.08 Å². The van der Waals surface area contributed by atoms with Crippen molar-refractivity contribution in [3.8, 4) is 16.2 Å². The largest absolute Gasteiger partial charge is 0.435 e. The van der Waals surface area contributed by atoms with E-state index in [9.17, 15) is 13.6 Å². The molecule has 1 aromatic heterocycles. The van der Waals surface area contributed by atoms with E-state index in [1.54, 1.807) is 24.3 Å². The van der Waals surface area contributed by atoms with Crippen LogP contribution >= 0.6 is 11.3 Å². The summed E-state index contributed by atoms with van der Waals surface area (Å²) in [7, 11) is 0. The second-order valence-electron chi connectivity index (χ2n) is 5.90. The summed E-state index contributed by atoms with van der Waals surface area (Å²) >= 11 is 1.51. The molecule has 0 bridgehead atoms. The van der Waals surface area contributed by atoms with Crippen molar-refractivity contribution in [3.05, 3.63) is 48.6 Å². The molecule has 4 nitrogen and oxygen atoms in total. The second-order valence-corrected chi connectivity index (χ2v) is 6.96. The van der Waals surface area contributed by atoms with Crippen molar-refractivity contribution >= 4 is 22.2 Å². The van der Waals surface area contributed by atoms with E-state index in [-0.39, 0.29) is 17.7 Å². The van der Waals surface area contributed by atoms with Crippen molar-refractivity contribution in [3.63, 3.8) is 0 Å². The van der Waals surface area contributed by atoms with Crippen molar-refractivity contribution in [2.24, 2.45) is 0 Å². The molecule has 1 aromatic carbocycles. The lowest BCUT2D eigenvalue weighted by Crippen LogP contribution is -2.40. The Labute approximate surface area is 155 Å². The molecule has 7 heteroatoms. The molecule has 1 saturated heterocycles. The molecule has 0 saturated carbocycles. The minimum absolute atomic E-state index is 0.0321. The fourth-order valence-electron chi connectivity index (χ4n) is 2.96. The summed E-state index contributed by atoms with van der Waals surface area (Å²) in [4.78, 5) is 15.4. The molecule has 2 heterocycles. The van der Waals surface area contributed by atoms with Gasteiger partial charge in [0.25, 0.3) is 5.91 Å². The van der Waals surface area contributed by atoms with Gasteiger partial charge in [0.1, 0.15) is 5.75 Å². The standard InChI is InChI=1S/C19H20F2N2O2S/c1-2-3-17(24)23(14-10-11-22-12-14)18-9-8-16(26-18)13-4-6-15(7-5-13)25-19(20)21/h2-9,14,19,22H,10-12H2,1H3. The van der Waals surface area contributed by atoms with Gasteiger partial charge in [0.05, 0.1) is 11.0 Å². The molecule has 3 rings (SSSR count). The number of carbonyl (C=O) groups excluding carboxylic acids is 1. The van der Waals surface area contributed by atoms with Crippen LogP contribution < -0.4 is 15.0 Å². The van der Waals surface area contributed by atoms with Gasteiger partial charge in [0.2, 0.25) is 0 Å². The zero-order valence-corrected chi connectivity index (χ0v) is 15.1. The minimum atomic E-state index is -2.83. The average Bonchev–Trinajstić information content (AvgIpc) is 3.28. The van der Waals surface area contributed by atoms with Crippen LogP contribution in [0.5, 0.6) is 5.75 Å². The molecule has 138 valence electrons.